The lowest BCUT2D eigenvalue weighted by molar-refractivity contribution is 0.614. The van der Waals surface area contributed by atoms with Crippen molar-refractivity contribution in [2.75, 3.05) is 29.5 Å². The Morgan fingerprint density at radius 1 is 1.47 bits per heavy atom. The molecule has 94 valence electrons. The topological polar surface area (TPSA) is 29.3 Å². The number of thioether (sulfide) groups is 1. The Hall–Kier alpha value is -0.420. The van der Waals surface area contributed by atoms with Gasteiger partial charge in [0.05, 0.1) is 15.8 Å². The third-order valence-electron chi connectivity index (χ3n) is 2.84. The summed E-state index contributed by atoms with van der Waals surface area (Å²) >= 11 is 5.10. The molecular formula is C12H16BrFN2S. The lowest BCUT2D eigenvalue weighted by atomic mass is 10.1. The van der Waals surface area contributed by atoms with E-state index in [1.807, 2.05) is 11.8 Å². The monoisotopic (exact) mass is 318 g/mol. The number of rotatable bonds is 1. The lowest BCUT2D eigenvalue weighted by Crippen LogP contribution is -2.43. The predicted octanol–water partition coefficient (Wildman–Crippen LogP) is 3.50. The minimum atomic E-state index is -0.259. The van der Waals surface area contributed by atoms with Crippen LogP contribution in [0.25, 0.3) is 0 Å². The van der Waals surface area contributed by atoms with Crippen LogP contribution in [0.5, 0.6) is 0 Å². The van der Waals surface area contributed by atoms with E-state index >= 15 is 0 Å². The molecular weight excluding hydrogens is 303 g/mol. The van der Waals surface area contributed by atoms with E-state index in [0.717, 1.165) is 24.5 Å². The maximum Gasteiger partial charge on any atom is 0.139 e. The number of nitrogens with zero attached hydrogens (tertiary/aromatic N) is 1. The van der Waals surface area contributed by atoms with E-state index in [1.165, 1.54) is 6.07 Å². The van der Waals surface area contributed by atoms with Crippen molar-refractivity contribution in [1.82, 2.24) is 0 Å². The van der Waals surface area contributed by atoms with Gasteiger partial charge in [-0.2, -0.15) is 11.8 Å². The number of nitrogens with two attached hydrogens (primary N) is 1. The molecule has 0 amide bonds. The number of halogens is 2. The summed E-state index contributed by atoms with van der Waals surface area (Å²) in [6, 6.07) is 3.16. The third kappa shape index (κ3) is 2.88. The van der Waals surface area contributed by atoms with Crippen LogP contribution in [-0.4, -0.2) is 23.6 Å². The van der Waals surface area contributed by atoms with Gasteiger partial charge in [0, 0.05) is 29.7 Å². The molecule has 0 aromatic heterocycles. The summed E-state index contributed by atoms with van der Waals surface area (Å²) in [5.41, 5.74) is 7.40. The number of nitrogen functional groups attached to an aromatic ring is 1. The number of benzene rings is 1. The minimum Gasteiger partial charge on any atom is -0.397 e. The first-order chi connectivity index (χ1) is 7.89. The van der Waals surface area contributed by atoms with Crippen LogP contribution in [0.2, 0.25) is 0 Å². The molecule has 5 heteroatoms. The molecule has 2 N–H and O–H groups in total. The van der Waals surface area contributed by atoms with Gasteiger partial charge in [0.25, 0.3) is 0 Å². The molecule has 0 saturated carbocycles. The molecule has 0 spiro atoms. The van der Waals surface area contributed by atoms with Crippen LogP contribution >= 0.6 is 27.7 Å². The summed E-state index contributed by atoms with van der Waals surface area (Å²) in [5, 5.41) is 0. The van der Waals surface area contributed by atoms with Crippen LogP contribution in [0.15, 0.2) is 16.6 Å². The Labute approximate surface area is 114 Å². The van der Waals surface area contributed by atoms with E-state index in [9.17, 15) is 4.39 Å². The van der Waals surface area contributed by atoms with Gasteiger partial charge in [0.15, 0.2) is 0 Å². The fourth-order valence-electron chi connectivity index (χ4n) is 2.05. The first kappa shape index (κ1) is 13.0. The maximum absolute atomic E-state index is 13.6. The van der Waals surface area contributed by atoms with Crippen LogP contribution < -0.4 is 10.6 Å². The fraction of sp³-hybridized carbons (Fsp3) is 0.500. The standard InChI is InChI=1S/C12H16BrFN2S/c1-12(2)7-16(3-4-17-12)11-6-9(14)8(13)5-10(11)15/h5-6H,3-4,7,15H2,1-2H3. The average molecular weight is 319 g/mol. The highest BCUT2D eigenvalue weighted by Gasteiger charge is 2.28. The van der Waals surface area contributed by atoms with E-state index in [4.69, 9.17) is 5.73 Å². The van der Waals surface area contributed by atoms with Crippen molar-refractivity contribution in [2.45, 2.75) is 18.6 Å². The number of hydrogen-bond acceptors (Lipinski definition) is 3. The highest BCUT2D eigenvalue weighted by molar-refractivity contribution is 9.10. The highest BCUT2D eigenvalue weighted by atomic mass is 79.9. The molecule has 1 aromatic rings. The minimum absolute atomic E-state index is 0.189. The average Bonchev–Trinajstić information content (AvgIpc) is 2.22. The van der Waals surface area contributed by atoms with Crippen molar-refractivity contribution >= 4 is 39.1 Å². The molecule has 0 radical (unpaired) electrons. The first-order valence-electron chi connectivity index (χ1n) is 5.52. The Bertz CT molecular complexity index is 437. The van der Waals surface area contributed by atoms with Gasteiger partial charge in [-0.15, -0.1) is 0 Å². The van der Waals surface area contributed by atoms with E-state index in [2.05, 4.69) is 34.7 Å². The largest absolute Gasteiger partial charge is 0.397 e. The van der Waals surface area contributed by atoms with Gasteiger partial charge in [-0.1, -0.05) is 0 Å². The van der Waals surface area contributed by atoms with Crippen LogP contribution in [-0.2, 0) is 0 Å². The second-order valence-electron chi connectivity index (χ2n) is 4.85. The van der Waals surface area contributed by atoms with Crippen LogP contribution in [0.3, 0.4) is 0 Å². The lowest BCUT2D eigenvalue weighted by Gasteiger charge is -2.39. The molecule has 0 aliphatic carbocycles. The SMILES string of the molecule is CC1(C)CN(c2cc(F)c(Br)cc2N)CCS1. The van der Waals surface area contributed by atoms with Crippen molar-refractivity contribution in [1.29, 1.82) is 0 Å². The molecule has 0 unspecified atom stereocenters. The van der Waals surface area contributed by atoms with Gasteiger partial charge in [-0.05, 0) is 35.8 Å². The predicted molar refractivity (Wildman–Crippen MR) is 77.3 cm³/mol. The van der Waals surface area contributed by atoms with Gasteiger partial charge in [-0.3, -0.25) is 0 Å². The molecule has 1 heterocycles. The molecule has 1 aliphatic heterocycles. The smallest absolute Gasteiger partial charge is 0.139 e. The number of hydrogen-bond donors (Lipinski definition) is 1. The zero-order valence-corrected chi connectivity index (χ0v) is 12.4. The first-order valence-corrected chi connectivity index (χ1v) is 7.30. The molecule has 1 aliphatic rings. The molecule has 2 rings (SSSR count). The van der Waals surface area contributed by atoms with Crippen molar-refractivity contribution in [2.24, 2.45) is 0 Å². The summed E-state index contributed by atoms with van der Waals surface area (Å²) in [6.45, 7) is 6.22. The maximum atomic E-state index is 13.6. The van der Waals surface area contributed by atoms with E-state index in [-0.39, 0.29) is 10.6 Å². The summed E-state index contributed by atoms with van der Waals surface area (Å²) < 4.78 is 14.2. The number of anilines is 2. The second-order valence-corrected chi connectivity index (χ2v) is 7.51. The Morgan fingerprint density at radius 3 is 2.82 bits per heavy atom. The Balaban J connectivity index is 2.31. The van der Waals surface area contributed by atoms with Gasteiger partial charge in [0.1, 0.15) is 5.82 Å². The van der Waals surface area contributed by atoms with Gasteiger partial charge in [0.2, 0.25) is 0 Å². The molecule has 0 bridgehead atoms. The van der Waals surface area contributed by atoms with Gasteiger partial charge in [-0.25, -0.2) is 4.39 Å². The van der Waals surface area contributed by atoms with Gasteiger partial charge >= 0.3 is 0 Å². The highest BCUT2D eigenvalue weighted by Crippen LogP contribution is 2.36. The van der Waals surface area contributed by atoms with Crippen molar-refractivity contribution in [3.05, 3.63) is 22.4 Å². The summed E-state index contributed by atoms with van der Waals surface area (Å²) in [6.07, 6.45) is 0. The molecule has 0 atom stereocenters. The normalized spacial score (nSPS) is 19.4. The Morgan fingerprint density at radius 2 is 2.18 bits per heavy atom. The zero-order valence-electron chi connectivity index (χ0n) is 9.96. The molecule has 1 aromatic carbocycles. The molecule has 1 fully saturated rings. The van der Waals surface area contributed by atoms with E-state index in [0.29, 0.717) is 10.2 Å². The zero-order chi connectivity index (χ0) is 12.6. The van der Waals surface area contributed by atoms with Crippen molar-refractivity contribution < 1.29 is 4.39 Å². The van der Waals surface area contributed by atoms with Crippen molar-refractivity contribution in [3.8, 4) is 0 Å². The van der Waals surface area contributed by atoms with Crippen LogP contribution in [0.1, 0.15) is 13.8 Å². The summed E-state index contributed by atoms with van der Waals surface area (Å²) in [7, 11) is 0. The summed E-state index contributed by atoms with van der Waals surface area (Å²) in [5.74, 6) is 0.787. The van der Waals surface area contributed by atoms with Gasteiger partial charge < -0.3 is 10.6 Å². The van der Waals surface area contributed by atoms with E-state index < -0.39 is 0 Å². The second kappa shape index (κ2) is 4.69. The summed E-state index contributed by atoms with van der Waals surface area (Å²) in [4.78, 5) is 2.17. The van der Waals surface area contributed by atoms with E-state index in [1.54, 1.807) is 6.07 Å². The fourth-order valence-corrected chi connectivity index (χ4v) is 3.52. The molecule has 1 saturated heterocycles. The molecule has 17 heavy (non-hydrogen) atoms. The van der Waals surface area contributed by atoms with Crippen molar-refractivity contribution in [3.63, 3.8) is 0 Å². The third-order valence-corrected chi connectivity index (χ3v) is 4.74. The Kier molecular flexibility index (Phi) is 3.59. The van der Waals surface area contributed by atoms with Crippen LogP contribution in [0.4, 0.5) is 15.8 Å². The van der Waals surface area contributed by atoms with Crippen LogP contribution in [0, 0.1) is 5.82 Å². The molecule has 2 nitrogen and oxygen atoms in total. The quantitative estimate of drug-likeness (QED) is 0.803.